The molecule has 0 bridgehead atoms. The molecule has 0 radical (unpaired) electrons. The second kappa shape index (κ2) is 5.64. The Morgan fingerprint density at radius 2 is 1.79 bits per heavy atom. The van der Waals surface area contributed by atoms with E-state index < -0.39 is 0 Å². The van der Waals surface area contributed by atoms with Gasteiger partial charge in [-0.05, 0) is 42.8 Å². The van der Waals surface area contributed by atoms with Crippen LogP contribution in [-0.2, 0) is 0 Å². The lowest BCUT2D eigenvalue weighted by atomic mass is 10.0. The third-order valence-corrected chi connectivity index (χ3v) is 3.52. The molecule has 0 aliphatic heterocycles. The molecule has 0 atom stereocenters. The van der Waals surface area contributed by atoms with Crippen LogP contribution in [0.2, 0.25) is 10.0 Å². The number of halogens is 2. The van der Waals surface area contributed by atoms with E-state index in [2.05, 4.69) is 0 Å². The molecule has 0 saturated carbocycles. The third kappa shape index (κ3) is 2.91. The maximum atomic E-state index is 12.4. The minimum absolute atomic E-state index is 0.143. The smallest absolute Gasteiger partial charge is 0.196 e. The zero-order valence-electron chi connectivity index (χ0n) is 10.5. The average molecular weight is 295 g/mol. The first-order valence-corrected chi connectivity index (χ1v) is 6.43. The largest absolute Gasteiger partial charge is 0.496 e. The Morgan fingerprint density at radius 3 is 2.42 bits per heavy atom. The van der Waals surface area contributed by atoms with Gasteiger partial charge in [0.25, 0.3) is 0 Å². The molecule has 0 aliphatic carbocycles. The summed E-state index contributed by atoms with van der Waals surface area (Å²) < 4.78 is 5.24. The number of ketones is 1. The molecule has 0 fully saturated rings. The van der Waals surface area contributed by atoms with Crippen LogP contribution >= 0.6 is 23.2 Å². The van der Waals surface area contributed by atoms with Crippen LogP contribution < -0.4 is 4.74 Å². The monoisotopic (exact) mass is 294 g/mol. The van der Waals surface area contributed by atoms with Crippen LogP contribution in [0, 0.1) is 6.92 Å². The van der Waals surface area contributed by atoms with Crippen molar-refractivity contribution in [2.45, 2.75) is 6.92 Å². The highest BCUT2D eigenvalue weighted by atomic mass is 35.5. The molecule has 0 aliphatic rings. The number of aryl methyl sites for hydroxylation is 1. The normalized spacial score (nSPS) is 10.3. The van der Waals surface area contributed by atoms with E-state index in [4.69, 9.17) is 27.9 Å². The fourth-order valence-electron chi connectivity index (χ4n) is 1.78. The number of benzene rings is 2. The molecule has 0 saturated heterocycles. The molecule has 98 valence electrons. The Bertz CT molecular complexity index is 636. The molecular formula is C15H12Cl2O2. The summed E-state index contributed by atoms with van der Waals surface area (Å²) in [6.07, 6.45) is 0. The van der Waals surface area contributed by atoms with Gasteiger partial charge in [-0.2, -0.15) is 0 Å². The Labute approximate surface area is 121 Å². The van der Waals surface area contributed by atoms with E-state index in [1.165, 1.54) is 0 Å². The molecular weight excluding hydrogens is 283 g/mol. The molecule has 4 heteroatoms. The molecule has 0 aromatic heterocycles. The van der Waals surface area contributed by atoms with Crippen LogP contribution in [0.25, 0.3) is 0 Å². The molecule has 2 nitrogen and oxygen atoms in total. The van der Waals surface area contributed by atoms with Gasteiger partial charge in [0.2, 0.25) is 0 Å². The maximum Gasteiger partial charge on any atom is 0.196 e. The molecule has 0 amide bonds. The molecule has 0 heterocycles. The highest BCUT2D eigenvalue weighted by Gasteiger charge is 2.15. The molecule has 0 spiro atoms. The lowest BCUT2D eigenvalue weighted by Crippen LogP contribution is -2.04. The Kier molecular flexibility index (Phi) is 4.13. The van der Waals surface area contributed by atoms with Gasteiger partial charge < -0.3 is 4.74 Å². The first-order valence-electron chi connectivity index (χ1n) is 5.67. The first-order chi connectivity index (χ1) is 9.02. The SMILES string of the molecule is COc1cc(C)ccc1C(=O)c1ccc(Cl)c(Cl)c1. The molecule has 2 rings (SSSR count). The number of hydrogen-bond acceptors (Lipinski definition) is 2. The highest BCUT2D eigenvalue weighted by molar-refractivity contribution is 6.42. The number of hydrogen-bond donors (Lipinski definition) is 0. The molecule has 2 aromatic rings. The number of rotatable bonds is 3. The van der Waals surface area contributed by atoms with Gasteiger partial charge in [0.15, 0.2) is 5.78 Å². The second-order valence-corrected chi connectivity index (χ2v) is 4.98. The van der Waals surface area contributed by atoms with Gasteiger partial charge in [-0.1, -0.05) is 29.3 Å². The zero-order chi connectivity index (χ0) is 14.0. The summed E-state index contributed by atoms with van der Waals surface area (Å²) in [5.41, 5.74) is 2.02. The lowest BCUT2D eigenvalue weighted by molar-refractivity contribution is 0.103. The van der Waals surface area contributed by atoms with Gasteiger partial charge in [-0.3, -0.25) is 4.79 Å². The summed E-state index contributed by atoms with van der Waals surface area (Å²) >= 11 is 11.8. The van der Waals surface area contributed by atoms with E-state index in [-0.39, 0.29) is 5.78 Å². The molecule has 0 N–H and O–H groups in total. The number of carbonyl (C=O) groups is 1. The predicted molar refractivity (Wildman–Crippen MR) is 77.6 cm³/mol. The maximum absolute atomic E-state index is 12.4. The molecule has 19 heavy (non-hydrogen) atoms. The predicted octanol–water partition coefficient (Wildman–Crippen LogP) is 4.54. The first kappa shape index (κ1) is 13.9. The van der Waals surface area contributed by atoms with Crippen molar-refractivity contribution in [2.24, 2.45) is 0 Å². The van der Waals surface area contributed by atoms with Crippen molar-refractivity contribution >= 4 is 29.0 Å². The quantitative estimate of drug-likeness (QED) is 0.777. The van der Waals surface area contributed by atoms with Crippen molar-refractivity contribution in [1.82, 2.24) is 0 Å². The van der Waals surface area contributed by atoms with Crippen LogP contribution in [0.4, 0.5) is 0 Å². The Hall–Kier alpha value is -1.51. The van der Waals surface area contributed by atoms with Crippen molar-refractivity contribution in [3.8, 4) is 5.75 Å². The minimum Gasteiger partial charge on any atom is -0.496 e. The van der Waals surface area contributed by atoms with E-state index in [9.17, 15) is 4.79 Å². The van der Waals surface area contributed by atoms with E-state index in [1.807, 2.05) is 19.1 Å². The van der Waals surface area contributed by atoms with E-state index in [0.29, 0.717) is 26.9 Å². The average Bonchev–Trinajstić information content (AvgIpc) is 2.41. The van der Waals surface area contributed by atoms with Crippen LogP contribution in [0.1, 0.15) is 21.5 Å². The van der Waals surface area contributed by atoms with Gasteiger partial charge in [-0.15, -0.1) is 0 Å². The van der Waals surface area contributed by atoms with E-state index >= 15 is 0 Å². The van der Waals surface area contributed by atoms with Crippen LogP contribution in [-0.4, -0.2) is 12.9 Å². The van der Waals surface area contributed by atoms with E-state index in [0.717, 1.165) is 5.56 Å². The molecule has 2 aromatic carbocycles. The van der Waals surface area contributed by atoms with Crippen molar-refractivity contribution in [1.29, 1.82) is 0 Å². The van der Waals surface area contributed by atoms with E-state index in [1.54, 1.807) is 31.4 Å². The van der Waals surface area contributed by atoms with Gasteiger partial charge in [-0.25, -0.2) is 0 Å². The third-order valence-electron chi connectivity index (χ3n) is 2.78. The minimum atomic E-state index is -0.143. The standard InChI is InChI=1S/C15H12Cl2O2/c1-9-3-5-11(14(7-9)19-2)15(18)10-4-6-12(16)13(17)8-10/h3-8H,1-2H3. The summed E-state index contributed by atoms with van der Waals surface area (Å²) in [5.74, 6) is 0.409. The topological polar surface area (TPSA) is 26.3 Å². The van der Waals surface area contributed by atoms with Gasteiger partial charge >= 0.3 is 0 Å². The van der Waals surface area contributed by atoms with Crippen LogP contribution in [0.15, 0.2) is 36.4 Å². The van der Waals surface area contributed by atoms with Gasteiger partial charge in [0.05, 0.1) is 22.7 Å². The van der Waals surface area contributed by atoms with Crippen molar-refractivity contribution in [2.75, 3.05) is 7.11 Å². The van der Waals surface area contributed by atoms with Crippen molar-refractivity contribution in [3.05, 3.63) is 63.1 Å². The molecule has 0 unspecified atom stereocenters. The van der Waals surface area contributed by atoms with Crippen molar-refractivity contribution in [3.63, 3.8) is 0 Å². The van der Waals surface area contributed by atoms with Crippen molar-refractivity contribution < 1.29 is 9.53 Å². The summed E-state index contributed by atoms with van der Waals surface area (Å²) in [6, 6.07) is 10.3. The summed E-state index contributed by atoms with van der Waals surface area (Å²) in [6.45, 7) is 1.94. The fourth-order valence-corrected chi connectivity index (χ4v) is 2.08. The van der Waals surface area contributed by atoms with Gasteiger partial charge in [0.1, 0.15) is 5.75 Å². The number of carbonyl (C=O) groups excluding carboxylic acids is 1. The Morgan fingerprint density at radius 1 is 1.05 bits per heavy atom. The van der Waals surface area contributed by atoms with Crippen LogP contribution in [0.5, 0.6) is 5.75 Å². The number of ether oxygens (including phenoxy) is 1. The zero-order valence-corrected chi connectivity index (χ0v) is 12.0. The second-order valence-electron chi connectivity index (χ2n) is 4.16. The van der Waals surface area contributed by atoms with Gasteiger partial charge in [0, 0.05) is 5.56 Å². The summed E-state index contributed by atoms with van der Waals surface area (Å²) in [4.78, 5) is 12.4. The van der Waals surface area contributed by atoms with Crippen LogP contribution in [0.3, 0.4) is 0 Å². The highest BCUT2D eigenvalue weighted by Crippen LogP contribution is 2.27. The summed E-state index contributed by atoms with van der Waals surface area (Å²) in [7, 11) is 1.54. The fraction of sp³-hybridized carbons (Fsp3) is 0.133. The summed E-state index contributed by atoms with van der Waals surface area (Å²) in [5, 5.41) is 0.785. The number of methoxy groups -OCH3 is 1. The lowest BCUT2D eigenvalue weighted by Gasteiger charge is -2.09. The Balaban J connectivity index is 2.46.